The topological polar surface area (TPSA) is 112 Å². The zero-order chi connectivity index (χ0) is 25.5. The van der Waals surface area contributed by atoms with Gasteiger partial charge in [-0.25, -0.2) is 18.7 Å². The predicted molar refractivity (Wildman–Crippen MR) is 124 cm³/mol. The average molecular weight is 553 g/mol. The van der Waals surface area contributed by atoms with E-state index in [2.05, 4.69) is 26.0 Å². The second-order valence-electron chi connectivity index (χ2n) is 7.37. The number of ether oxygens (including phenoxy) is 1. The quantitative estimate of drug-likeness (QED) is 0.328. The molecule has 2 amide bonds. The van der Waals surface area contributed by atoms with Gasteiger partial charge in [-0.2, -0.15) is 18.3 Å². The number of benzene rings is 2. The lowest BCUT2D eigenvalue weighted by Crippen LogP contribution is -2.32. The Hall–Kier alpha value is -3.71. The van der Waals surface area contributed by atoms with Gasteiger partial charge in [0.05, 0.1) is 23.5 Å². The van der Waals surface area contributed by atoms with Gasteiger partial charge < -0.3 is 16.2 Å². The van der Waals surface area contributed by atoms with E-state index in [1.54, 1.807) is 16.6 Å². The fourth-order valence-electron chi connectivity index (χ4n) is 3.73. The van der Waals surface area contributed by atoms with Crippen molar-refractivity contribution in [3.63, 3.8) is 0 Å². The van der Waals surface area contributed by atoms with Crippen LogP contribution < -0.4 is 16.4 Å². The van der Waals surface area contributed by atoms with E-state index in [9.17, 15) is 22.4 Å². The number of nitrogen functional groups attached to an aromatic ring is 1. The first-order chi connectivity index (χ1) is 16.5. The Morgan fingerprint density at radius 3 is 2.49 bits per heavy atom. The average Bonchev–Trinajstić information content (AvgIpc) is 3.08. The molecule has 0 saturated heterocycles. The number of rotatable bonds is 5. The van der Waals surface area contributed by atoms with Crippen molar-refractivity contribution in [2.45, 2.75) is 12.8 Å². The third kappa shape index (κ3) is 4.39. The molecule has 0 bridgehead atoms. The first-order valence-electron chi connectivity index (χ1n) is 9.89. The molecule has 4 aromatic rings. The summed E-state index contributed by atoms with van der Waals surface area (Å²) in [6, 6.07) is 6.61. The van der Waals surface area contributed by atoms with Crippen LogP contribution in [0.25, 0.3) is 16.6 Å². The van der Waals surface area contributed by atoms with Gasteiger partial charge in [0.25, 0.3) is 0 Å². The van der Waals surface area contributed by atoms with Crippen molar-refractivity contribution in [3.05, 3.63) is 70.3 Å². The molecule has 0 spiro atoms. The molecule has 0 radical (unpaired) electrons. The van der Waals surface area contributed by atoms with Gasteiger partial charge in [0.15, 0.2) is 5.82 Å². The molecule has 4 rings (SSSR count). The number of primary amides is 1. The van der Waals surface area contributed by atoms with Gasteiger partial charge >= 0.3 is 12.2 Å². The summed E-state index contributed by atoms with van der Waals surface area (Å²) in [6.45, 7) is 0.198. The lowest BCUT2D eigenvalue weighted by Gasteiger charge is -2.22. The maximum atomic E-state index is 14.5. The number of alkyl halides is 3. The Morgan fingerprint density at radius 1 is 1.20 bits per heavy atom. The molecule has 0 aliphatic carbocycles. The predicted octanol–water partition coefficient (Wildman–Crippen LogP) is 5.26. The normalized spacial score (nSPS) is 11.7. The number of urea groups is 1. The van der Waals surface area contributed by atoms with E-state index in [-0.39, 0.29) is 18.1 Å². The van der Waals surface area contributed by atoms with Crippen LogP contribution in [-0.4, -0.2) is 27.7 Å². The summed E-state index contributed by atoms with van der Waals surface area (Å²) in [6.07, 6.45) is -3.44. The van der Waals surface area contributed by atoms with Gasteiger partial charge in [0.2, 0.25) is 0 Å². The van der Waals surface area contributed by atoms with Crippen molar-refractivity contribution in [3.8, 4) is 11.1 Å². The van der Waals surface area contributed by atoms with Crippen LogP contribution in [0.4, 0.5) is 39.5 Å². The molecule has 8 nitrogen and oxygen atoms in total. The van der Waals surface area contributed by atoms with E-state index in [1.165, 1.54) is 25.6 Å². The maximum absolute atomic E-state index is 14.5. The lowest BCUT2D eigenvalue weighted by molar-refractivity contribution is -0.137. The molecule has 0 saturated carbocycles. The second kappa shape index (κ2) is 9.15. The molecule has 0 atom stereocenters. The minimum atomic E-state index is -4.74. The number of methoxy groups -OCH3 is 1. The van der Waals surface area contributed by atoms with Gasteiger partial charge in [-0.1, -0.05) is 12.1 Å². The van der Waals surface area contributed by atoms with Gasteiger partial charge in [0.1, 0.15) is 22.3 Å². The zero-order valence-corrected chi connectivity index (χ0v) is 19.6. The fourth-order valence-corrected chi connectivity index (χ4v) is 4.31. The fraction of sp³-hybridized carbons (Fsp3) is 0.136. The molecule has 0 aliphatic rings. The number of anilines is 3. The molecule has 2 heterocycles. The van der Waals surface area contributed by atoms with E-state index in [4.69, 9.17) is 16.2 Å². The highest BCUT2D eigenvalue weighted by Gasteiger charge is 2.32. The molecule has 13 heteroatoms. The van der Waals surface area contributed by atoms with Crippen LogP contribution in [0.2, 0.25) is 0 Å². The van der Waals surface area contributed by atoms with Crippen molar-refractivity contribution in [2.24, 2.45) is 5.73 Å². The molecule has 4 N–H and O–H groups in total. The standard InChI is InChI=1S/C22H17BrF4N6O2/c1-35-9-14-17(18-20(28)30-10-31-33(18)19(14)23)11-2-5-13(6-3-11)32(21(29)34)16-8-12(22(25,26)27)4-7-15(16)24/h2-8,10H,9H2,1H3,(H2,29,34)(H2,28,30,31). The highest BCUT2D eigenvalue weighted by molar-refractivity contribution is 9.10. The number of hydrogen-bond acceptors (Lipinski definition) is 5. The number of fused-ring (bicyclic) bond motifs is 1. The Balaban J connectivity index is 1.84. The summed E-state index contributed by atoms with van der Waals surface area (Å²) in [5, 5.41) is 4.20. The number of nitrogens with zero attached hydrogens (tertiary/aromatic N) is 4. The van der Waals surface area contributed by atoms with E-state index in [1.807, 2.05) is 0 Å². The maximum Gasteiger partial charge on any atom is 0.416 e. The highest BCUT2D eigenvalue weighted by atomic mass is 79.9. The highest BCUT2D eigenvalue weighted by Crippen LogP contribution is 2.40. The minimum absolute atomic E-state index is 0.0552. The number of amides is 2. The summed E-state index contributed by atoms with van der Waals surface area (Å²) >= 11 is 3.49. The summed E-state index contributed by atoms with van der Waals surface area (Å²) in [5.74, 6) is -0.845. The van der Waals surface area contributed by atoms with Crippen molar-refractivity contribution in [1.29, 1.82) is 0 Å². The van der Waals surface area contributed by atoms with E-state index >= 15 is 0 Å². The Bertz CT molecular complexity index is 1420. The first kappa shape index (κ1) is 24.4. The van der Waals surface area contributed by atoms with Gasteiger partial charge in [-0.05, 0) is 51.8 Å². The van der Waals surface area contributed by atoms with E-state index < -0.39 is 29.3 Å². The Morgan fingerprint density at radius 2 is 1.89 bits per heavy atom. The largest absolute Gasteiger partial charge is 0.416 e. The third-order valence-corrected chi connectivity index (χ3v) is 6.04. The van der Waals surface area contributed by atoms with Crippen LogP contribution in [0.15, 0.2) is 53.4 Å². The van der Waals surface area contributed by atoms with Crippen molar-refractivity contribution < 1.29 is 27.1 Å². The van der Waals surface area contributed by atoms with Crippen molar-refractivity contribution in [2.75, 3.05) is 17.7 Å². The SMILES string of the molecule is COCc1c(-c2ccc(N(C(N)=O)c3cc(C(F)(F)F)ccc3F)cc2)c2c(N)ncnn2c1Br. The van der Waals surface area contributed by atoms with Crippen molar-refractivity contribution in [1.82, 2.24) is 14.6 Å². The number of nitrogens with two attached hydrogens (primary N) is 2. The lowest BCUT2D eigenvalue weighted by atomic mass is 10.0. The molecule has 0 fully saturated rings. The summed E-state index contributed by atoms with van der Waals surface area (Å²) in [5.41, 5.74) is 12.3. The number of halogens is 5. The van der Waals surface area contributed by atoms with Crippen LogP contribution in [-0.2, 0) is 17.5 Å². The van der Waals surface area contributed by atoms with Crippen LogP contribution >= 0.6 is 15.9 Å². The summed E-state index contributed by atoms with van der Waals surface area (Å²) in [7, 11) is 1.52. The smallest absolute Gasteiger partial charge is 0.382 e. The number of hydrogen-bond donors (Lipinski definition) is 2. The second-order valence-corrected chi connectivity index (χ2v) is 8.12. The molecular weight excluding hydrogens is 536 g/mol. The Labute approximate surface area is 204 Å². The van der Waals surface area contributed by atoms with E-state index in [0.29, 0.717) is 49.9 Å². The molecule has 2 aromatic heterocycles. The number of carbonyl (C=O) groups is 1. The van der Waals surface area contributed by atoms with E-state index in [0.717, 1.165) is 0 Å². The zero-order valence-electron chi connectivity index (χ0n) is 18.0. The van der Waals surface area contributed by atoms with Crippen LogP contribution in [0.1, 0.15) is 11.1 Å². The molecular formula is C22H17BrF4N6O2. The molecule has 0 aliphatic heterocycles. The third-order valence-electron chi connectivity index (χ3n) is 5.23. The van der Waals surface area contributed by atoms with Crippen molar-refractivity contribution >= 4 is 44.7 Å². The van der Waals surface area contributed by atoms with Gasteiger partial charge in [-0.3, -0.25) is 4.90 Å². The molecule has 182 valence electrons. The first-order valence-corrected chi connectivity index (χ1v) is 10.7. The molecule has 35 heavy (non-hydrogen) atoms. The van der Waals surface area contributed by atoms with Gasteiger partial charge in [-0.15, -0.1) is 0 Å². The van der Waals surface area contributed by atoms with Crippen LogP contribution in [0.5, 0.6) is 0 Å². The van der Waals surface area contributed by atoms with Crippen LogP contribution in [0.3, 0.4) is 0 Å². The monoisotopic (exact) mass is 552 g/mol. The number of aromatic nitrogens is 3. The molecule has 2 aromatic carbocycles. The summed E-state index contributed by atoms with van der Waals surface area (Å²) < 4.78 is 61.5. The minimum Gasteiger partial charge on any atom is -0.382 e. The molecule has 0 unspecified atom stereocenters. The Kier molecular flexibility index (Phi) is 6.38. The van der Waals surface area contributed by atoms with Gasteiger partial charge in [0, 0.05) is 18.2 Å². The number of carbonyl (C=O) groups excluding carboxylic acids is 1. The van der Waals surface area contributed by atoms with Crippen LogP contribution in [0, 0.1) is 5.82 Å². The summed E-state index contributed by atoms with van der Waals surface area (Å²) in [4.78, 5) is 16.9.